The Morgan fingerprint density at radius 3 is 2.85 bits per heavy atom. The van der Waals surface area contributed by atoms with E-state index in [1.165, 1.54) is 0 Å². The first-order chi connectivity index (χ1) is 12.5. The van der Waals surface area contributed by atoms with E-state index in [0.29, 0.717) is 24.3 Å². The number of ether oxygens (including phenoxy) is 2. The van der Waals surface area contributed by atoms with Crippen LogP contribution in [0.15, 0.2) is 24.3 Å². The molecule has 0 spiro atoms. The number of rotatable bonds is 5. The number of imidazole rings is 1. The van der Waals surface area contributed by atoms with Crippen molar-refractivity contribution >= 4 is 5.91 Å². The SMILES string of the molecule is CO[C@@H]1C[C@@H](c2nc(C)c(C)[nH]2)N(C(=O)COc2ccccc2C#N)C1. The van der Waals surface area contributed by atoms with E-state index in [1.807, 2.05) is 13.8 Å². The molecule has 2 aromatic rings. The summed E-state index contributed by atoms with van der Waals surface area (Å²) >= 11 is 0. The Kier molecular flexibility index (Phi) is 5.24. The van der Waals surface area contributed by atoms with Crippen LogP contribution in [0, 0.1) is 25.2 Å². The van der Waals surface area contributed by atoms with Crippen LogP contribution in [0.3, 0.4) is 0 Å². The van der Waals surface area contributed by atoms with Gasteiger partial charge in [0.25, 0.3) is 5.91 Å². The number of benzene rings is 1. The predicted molar refractivity (Wildman–Crippen MR) is 94.6 cm³/mol. The third-order valence-corrected chi connectivity index (χ3v) is 4.74. The number of hydrogen-bond acceptors (Lipinski definition) is 5. The summed E-state index contributed by atoms with van der Waals surface area (Å²) in [7, 11) is 1.65. The molecule has 7 nitrogen and oxygen atoms in total. The molecule has 0 saturated carbocycles. The van der Waals surface area contributed by atoms with Gasteiger partial charge in [0.1, 0.15) is 17.6 Å². The number of carbonyl (C=O) groups is 1. The Hall–Kier alpha value is -2.85. The lowest BCUT2D eigenvalue weighted by Crippen LogP contribution is -2.36. The predicted octanol–water partition coefficient (Wildman–Crippen LogP) is 2.27. The van der Waals surface area contributed by atoms with E-state index in [-0.39, 0.29) is 24.7 Å². The summed E-state index contributed by atoms with van der Waals surface area (Å²) in [6.45, 7) is 4.25. The number of para-hydroxylation sites is 1. The van der Waals surface area contributed by atoms with Crippen LogP contribution >= 0.6 is 0 Å². The minimum Gasteiger partial charge on any atom is -0.482 e. The molecule has 0 radical (unpaired) electrons. The normalized spacial score (nSPS) is 19.4. The van der Waals surface area contributed by atoms with Crippen molar-refractivity contribution in [3.63, 3.8) is 0 Å². The summed E-state index contributed by atoms with van der Waals surface area (Å²) in [4.78, 5) is 22.3. The second-order valence-electron chi connectivity index (χ2n) is 6.38. The van der Waals surface area contributed by atoms with E-state index in [9.17, 15) is 4.79 Å². The summed E-state index contributed by atoms with van der Waals surface area (Å²) < 4.78 is 11.1. The summed E-state index contributed by atoms with van der Waals surface area (Å²) in [6, 6.07) is 8.77. The van der Waals surface area contributed by atoms with Crippen LogP contribution in [0.5, 0.6) is 5.75 Å². The molecule has 26 heavy (non-hydrogen) atoms. The number of amides is 1. The highest BCUT2D eigenvalue weighted by molar-refractivity contribution is 5.78. The van der Waals surface area contributed by atoms with Crippen LogP contribution in [-0.4, -0.2) is 47.1 Å². The van der Waals surface area contributed by atoms with E-state index in [2.05, 4.69) is 16.0 Å². The molecular weight excluding hydrogens is 332 g/mol. The molecule has 1 amide bonds. The summed E-state index contributed by atoms with van der Waals surface area (Å²) in [6.07, 6.45) is 0.643. The van der Waals surface area contributed by atoms with Gasteiger partial charge in [-0.2, -0.15) is 5.26 Å². The van der Waals surface area contributed by atoms with Crippen molar-refractivity contribution < 1.29 is 14.3 Å². The van der Waals surface area contributed by atoms with E-state index >= 15 is 0 Å². The van der Waals surface area contributed by atoms with Gasteiger partial charge in [-0.1, -0.05) is 12.1 Å². The lowest BCUT2D eigenvalue weighted by molar-refractivity contribution is -0.134. The molecule has 1 fully saturated rings. The van der Waals surface area contributed by atoms with Crippen LogP contribution in [0.25, 0.3) is 0 Å². The van der Waals surface area contributed by atoms with Gasteiger partial charge in [0.15, 0.2) is 6.61 Å². The third kappa shape index (κ3) is 3.55. The number of nitriles is 1. The molecule has 0 aliphatic carbocycles. The fourth-order valence-corrected chi connectivity index (χ4v) is 3.14. The fraction of sp³-hybridized carbons (Fsp3) is 0.421. The molecule has 1 N–H and O–H groups in total. The molecule has 7 heteroatoms. The summed E-state index contributed by atoms with van der Waals surface area (Å²) in [5.74, 6) is 1.02. The number of aromatic amines is 1. The van der Waals surface area contributed by atoms with Gasteiger partial charge in [-0.15, -0.1) is 0 Å². The van der Waals surface area contributed by atoms with Crippen molar-refractivity contribution in [1.29, 1.82) is 5.26 Å². The molecular formula is C19H22N4O3. The number of H-pyrrole nitrogens is 1. The van der Waals surface area contributed by atoms with Crippen molar-refractivity contribution in [2.24, 2.45) is 0 Å². The third-order valence-electron chi connectivity index (χ3n) is 4.74. The fourth-order valence-electron chi connectivity index (χ4n) is 3.14. The molecule has 2 heterocycles. The van der Waals surface area contributed by atoms with Gasteiger partial charge in [0.2, 0.25) is 0 Å². The van der Waals surface area contributed by atoms with Crippen molar-refractivity contribution in [1.82, 2.24) is 14.9 Å². The molecule has 136 valence electrons. The Morgan fingerprint density at radius 1 is 1.42 bits per heavy atom. The first-order valence-electron chi connectivity index (χ1n) is 8.50. The van der Waals surface area contributed by atoms with Gasteiger partial charge < -0.3 is 19.4 Å². The van der Waals surface area contributed by atoms with Crippen molar-refractivity contribution in [2.75, 3.05) is 20.3 Å². The smallest absolute Gasteiger partial charge is 0.261 e. The minimum absolute atomic E-state index is 0.0407. The Bertz CT molecular complexity index is 820. The number of likely N-dealkylation sites (tertiary alicyclic amines) is 1. The number of carbonyl (C=O) groups excluding carboxylic acids is 1. The van der Waals surface area contributed by atoms with Gasteiger partial charge in [0, 0.05) is 25.8 Å². The van der Waals surface area contributed by atoms with Crippen LogP contribution in [0.4, 0.5) is 0 Å². The average Bonchev–Trinajstić information content (AvgIpc) is 3.23. The van der Waals surface area contributed by atoms with Crippen LogP contribution in [0.1, 0.15) is 35.2 Å². The van der Waals surface area contributed by atoms with Crippen LogP contribution < -0.4 is 4.74 Å². The number of hydrogen-bond donors (Lipinski definition) is 1. The number of methoxy groups -OCH3 is 1. The van der Waals surface area contributed by atoms with Crippen molar-refractivity contribution in [3.05, 3.63) is 47.0 Å². The summed E-state index contributed by atoms with van der Waals surface area (Å²) in [5, 5.41) is 9.13. The Labute approximate surface area is 152 Å². The van der Waals surface area contributed by atoms with Gasteiger partial charge in [-0.25, -0.2) is 4.98 Å². The van der Waals surface area contributed by atoms with E-state index in [4.69, 9.17) is 14.7 Å². The molecule has 1 aliphatic heterocycles. The molecule has 2 atom stereocenters. The van der Waals surface area contributed by atoms with E-state index < -0.39 is 0 Å². The first kappa shape index (κ1) is 18.0. The Balaban J connectivity index is 1.74. The zero-order valence-corrected chi connectivity index (χ0v) is 15.2. The van der Waals surface area contributed by atoms with Gasteiger partial charge in [-0.3, -0.25) is 4.79 Å². The Morgan fingerprint density at radius 2 is 2.19 bits per heavy atom. The average molecular weight is 354 g/mol. The second-order valence-corrected chi connectivity index (χ2v) is 6.38. The maximum absolute atomic E-state index is 12.8. The molecule has 1 aromatic heterocycles. The number of nitrogens with one attached hydrogen (secondary N) is 1. The highest BCUT2D eigenvalue weighted by atomic mass is 16.5. The van der Waals surface area contributed by atoms with Crippen molar-refractivity contribution in [2.45, 2.75) is 32.4 Å². The molecule has 1 saturated heterocycles. The minimum atomic E-state index is -0.172. The summed E-state index contributed by atoms with van der Waals surface area (Å²) in [5.41, 5.74) is 2.32. The molecule has 1 aliphatic rings. The largest absolute Gasteiger partial charge is 0.482 e. The van der Waals surface area contributed by atoms with E-state index in [0.717, 1.165) is 17.2 Å². The quantitative estimate of drug-likeness (QED) is 0.889. The number of nitrogens with zero attached hydrogens (tertiary/aromatic N) is 3. The van der Waals surface area contributed by atoms with Crippen LogP contribution in [-0.2, 0) is 9.53 Å². The molecule has 0 unspecified atom stereocenters. The lowest BCUT2D eigenvalue weighted by atomic mass is 10.2. The van der Waals surface area contributed by atoms with Gasteiger partial charge in [0.05, 0.1) is 23.4 Å². The number of aromatic nitrogens is 2. The zero-order valence-electron chi connectivity index (χ0n) is 15.2. The van der Waals surface area contributed by atoms with Crippen molar-refractivity contribution in [3.8, 4) is 11.8 Å². The molecule has 3 rings (SSSR count). The van der Waals surface area contributed by atoms with Gasteiger partial charge >= 0.3 is 0 Å². The maximum atomic E-state index is 12.8. The monoisotopic (exact) mass is 354 g/mol. The topological polar surface area (TPSA) is 91.2 Å². The molecule has 1 aromatic carbocycles. The number of aryl methyl sites for hydroxylation is 2. The van der Waals surface area contributed by atoms with Gasteiger partial charge in [-0.05, 0) is 26.0 Å². The molecule has 0 bridgehead atoms. The first-order valence-corrected chi connectivity index (χ1v) is 8.50. The highest BCUT2D eigenvalue weighted by Gasteiger charge is 2.38. The highest BCUT2D eigenvalue weighted by Crippen LogP contribution is 2.32. The van der Waals surface area contributed by atoms with Crippen LogP contribution in [0.2, 0.25) is 0 Å². The maximum Gasteiger partial charge on any atom is 0.261 e. The second kappa shape index (κ2) is 7.58. The van der Waals surface area contributed by atoms with E-state index in [1.54, 1.807) is 36.3 Å². The standard InChI is InChI=1S/C19H22N4O3/c1-12-13(2)22-19(21-12)16-8-15(25-3)10-23(16)18(24)11-26-17-7-5-4-6-14(17)9-20/h4-7,15-16H,8,10-11H2,1-3H3,(H,21,22)/t15-,16+/m1/s1. The zero-order chi connectivity index (χ0) is 18.7. The lowest BCUT2D eigenvalue weighted by Gasteiger charge is -2.23.